The molecule has 0 atom stereocenters. The molecule has 0 radical (unpaired) electrons. The van der Waals surface area contributed by atoms with E-state index in [1.54, 1.807) is 0 Å². The molecule has 0 aromatic heterocycles. The Morgan fingerprint density at radius 2 is 2.05 bits per heavy atom. The molecule has 0 unspecified atom stereocenters. The summed E-state index contributed by atoms with van der Waals surface area (Å²) in [5, 5.41) is 3.61. The van der Waals surface area contributed by atoms with Crippen molar-refractivity contribution in [1.82, 2.24) is 5.32 Å². The molecular weight excluding hydrogens is 314 g/mol. The molecule has 3 rings (SSSR count). The average molecular weight is 338 g/mol. The maximum Gasteiger partial charge on any atom is 0.127 e. The minimum absolute atomic E-state index is 0.834. The largest absolute Gasteiger partial charge is 0.493 e. The Morgan fingerprint density at radius 3 is 2.90 bits per heavy atom. The summed E-state index contributed by atoms with van der Waals surface area (Å²) in [5.41, 5.74) is 2.65. The van der Waals surface area contributed by atoms with Crippen LogP contribution in [0.3, 0.4) is 0 Å². The van der Waals surface area contributed by atoms with Crippen LogP contribution < -0.4 is 10.1 Å². The van der Waals surface area contributed by atoms with E-state index in [9.17, 15) is 0 Å². The highest BCUT2D eigenvalue weighted by molar-refractivity contribution is 9.10. The Kier molecular flexibility index (Phi) is 5.00. The maximum absolute atomic E-state index is 5.77. The van der Waals surface area contributed by atoms with Crippen molar-refractivity contribution in [2.24, 2.45) is 5.92 Å². The lowest BCUT2D eigenvalue weighted by Gasteiger charge is -2.21. The van der Waals surface area contributed by atoms with Crippen LogP contribution in [0.15, 0.2) is 16.6 Å². The van der Waals surface area contributed by atoms with Gasteiger partial charge < -0.3 is 10.1 Å². The van der Waals surface area contributed by atoms with Crippen LogP contribution in [-0.2, 0) is 13.0 Å². The SMILES string of the molecule is Brc1cc2c(c(CNCCC3CCCCC3)c1)OCC2. The molecule has 1 aromatic rings. The van der Waals surface area contributed by atoms with E-state index in [1.807, 2.05) is 0 Å². The molecule has 0 amide bonds. The number of ether oxygens (including phenoxy) is 1. The van der Waals surface area contributed by atoms with Crippen molar-refractivity contribution >= 4 is 15.9 Å². The fraction of sp³-hybridized carbons (Fsp3) is 0.647. The normalized spacial score (nSPS) is 18.9. The first-order valence-electron chi connectivity index (χ1n) is 7.98. The van der Waals surface area contributed by atoms with Crippen LogP contribution in [0.25, 0.3) is 0 Å². The van der Waals surface area contributed by atoms with Gasteiger partial charge in [-0.25, -0.2) is 0 Å². The van der Waals surface area contributed by atoms with Gasteiger partial charge >= 0.3 is 0 Å². The van der Waals surface area contributed by atoms with Crippen LogP contribution in [0.5, 0.6) is 5.75 Å². The van der Waals surface area contributed by atoms with Crippen LogP contribution in [0.2, 0.25) is 0 Å². The number of hydrogen-bond donors (Lipinski definition) is 1. The molecule has 1 heterocycles. The lowest BCUT2D eigenvalue weighted by Crippen LogP contribution is -2.19. The number of rotatable bonds is 5. The first-order chi connectivity index (χ1) is 9.83. The predicted octanol–water partition coefficient (Wildman–Crippen LogP) is 4.44. The first kappa shape index (κ1) is 14.4. The number of fused-ring (bicyclic) bond motifs is 1. The third-order valence-electron chi connectivity index (χ3n) is 4.59. The van der Waals surface area contributed by atoms with E-state index in [-0.39, 0.29) is 0 Å². The molecule has 1 fully saturated rings. The van der Waals surface area contributed by atoms with Crippen LogP contribution in [0, 0.1) is 5.92 Å². The number of hydrogen-bond acceptors (Lipinski definition) is 2. The van der Waals surface area contributed by atoms with Gasteiger partial charge in [0.15, 0.2) is 0 Å². The average Bonchev–Trinajstić information content (AvgIpc) is 2.92. The first-order valence-corrected chi connectivity index (χ1v) is 8.77. The van der Waals surface area contributed by atoms with Gasteiger partial charge in [-0.1, -0.05) is 48.0 Å². The molecule has 1 aliphatic heterocycles. The Labute approximate surface area is 130 Å². The van der Waals surface area contributed by atoms with Gasteiger partial charge in [0.2, 0.25) is 0 Å². The van der Waals surface area contributed by atoms with Gasteiger partial charge in [-0.2, -0.15) is 0 Å². The zero-order chi connectivity index (χ0) is 13.8. The van der Waals surface area contributed by atoms with Crippen molar-refractivity contribution in [3.05, 3.63) is 27.7 Å². The van der Waals surface area contributed by atoms with Crippen molar-refractivity contribution in [3.8, 4) is 5.75 Å². The second kappa shape index (κ2) is 6.95. The summed E-state index contributed by atoms with van der Waals surface area (Å²) in [6.45, 7) is 2.89. The molecule has 110 valence electrons. The van der Waals surface area contributed by atoms with Crippen molar-refractivity contribution in [3.63, 3.8) is 0 Å². The summed E-state index contributed by atoms with van der Waals surface area (Å²) < 4.78 is 6.94. The quantitative estimate of drug-likeness (QED) is 0.801. The minimum Gasteiger partial charge on any atom is -0.493 e. The molecule has 1 aliphatic carbocycles. The highest BCUT2D eigenvalue weighted by Crippen LogP contribution is 2.33. The molecule has 3 heteroatoms. The molecule has 1 aromatic carbocycles. The second-order valence-electron chi connectivity index (χ2n) is 6.12. The highest BCUT2D eigenvalue weighted by Gasteiger charge is 2.17. The molecular formula is C17H24BrNO. The second-order valence-corrected chi connectivity index (χ2v) is 7.04. The van der Waals surface area contributed by atoms with E-state index in [0.29, 0.717) is 0 Å². The fourth-order valence-electron chi connectivity index (χ4n) is 3.48. The molecule has 0 saturated heterocycles. The minimum atomic E-state index is 0.834. The zero-order valence-electron chi connectivity index (χ0n) is 12.1. The van der Waals surface area contributed by atoms with E-state index in [2.05, 4.69) is 33.4 Å². The van der Waals surface area contributed by atoms with E-state index < -0.39 is 0 Å². The van der Waals surface area contributed by atoms with Gasteiger partial charge in [-0.15, -0.1) is 0 Å². The molecule has 1 N–H and O–H groups in total. The summed E-state index contributed by atoms with van der Waals surface area (Å²) in [7, 11) is 0. The summed E-state index contributed by atoms with van der Waals surface area (Å²) in [5.74, 6) is 2.08. The highest BCUT2D eigenvalue weighted by atomic mass is 79.9. The zero-order valence-corrected chi connectivity index (χ0v) is 13.7. The van der Waals surface area contributed by atoms with Crippen molar-refractivity contribution < 1.29 is 4.74 Å². The van der Waals surface area contributed by atoms with E-state index in [4.69, 9.17) is 4.74 Å². The topological polar surface area (TPSA) is 21.3 Å². The molecule has 0 bridgehead atoms. The van der Waals surface area contributed by atoms with Crippen LogP contribution in [0.4, 0.5) is 0 Å². The number of halogens is 1. The van der Waals surface area contributed by atoms with E-state index >= 15 is 0 Å². The van der Waals surface area contributed by atoms with Gasteiger partial charge in [-0.05, 0) is 36.6 Å². The van der Waals surface area contributed by atoms with Crippen molar-refractivity contribution in [2.45, 2.75) is 51.5 Å². The van der Waals surface area contributed by atoms with E-state index in [0.717, 1.165) is 37.8 Å². The Balaban J connectivity index is 1.49. The Bertz CT molecular complexity index is 455. The van der Waals surface area contributed by atoms with E-state index in [1.165, 1.54) is 54.1 Å². The lowest BCUT2D eigenvalue weighted by molar-refractivity contribution is 0.332. The van der Waals surface area contributed by atoms with Crippen LogP contribution >= 0.6 is 15.9 Å². The lowest BCUT2D eigenvalue weighted by atomic mass is 9.87. The molecule has 2 nitrogen and oxygen atoms in total. The van der Waals surface area contributed by atoms with Gasteiger partial charge in [0, 0.05) is 23.0 Å². The van der Waals surface area contributed by atoms with Crippen LogP contribution in [-0.4, -0.2) is 13.2 Å². The summed E-state index contributed by atoms with van der Waals surface area (Å²) in [6.07, 6.45) is 9.59. The third-order valence-corrected chi connectivity index (χ3v) is 5.05. The molecule has 0 spiro atoms. The van der Waals surface area contributed by atoms with Gasteiger partial charge in [0.25, 0.3) is 0 Å². The van der Waals surface area contributed by atoms with Gasteiger partial charge in [0.05, 0.1) is 6.61 Å². The number of benzene rings is 1. The Hall–Kier alpha value is -0.540. The smallest absolute Gasteiger partial charge is 0.127 e. The van der Waals surface area contributed by atoms with Crippen molar-refractivity contribution in [1.29, 1.82) is 0 Å². The standard InChI is InChI=1S/C17H24BrNO/c18-16-10-14-7-9-20-17(14)15(11-16)12-19-8-6-13-4-2-1-3-5-13/h10-11,13,19H,1-9,12H2. The Morgan fingerprint density at radius 1 is 1.20 bits per heavy atom. The predicted molar refractivity (Wildman–Crippen MR) is 86.2 cm³/mol. The third kappa shape index (κ3) is 3.56. The summed E-state index contributed by atoms with van der Waals surface area (Å²) in [4.78, 5) is 0. The van der Waals surface area contributed by atoms with Gasteiger partial charge in [0.1, 0.15) is 5.75 Å². The fourth-order valence-corrected chi connectivity index (χ4v) is 4.04. The molecule has 1 saturated carbocycles. The monoisotopic (exact) mass is 337 g/mol. The maximum atomic E-state index is 5.77. The van der Waals surface area contributed by atoms with Crippen molar-refractivity contribution in [2.75, 3.05) is 13.2 Å². The summed E-state index contributed by atoms with van der Waals surface area (Å²) in [6, 6.07) is 4.38. The summed E-state index contributed by atoms with van der Waals surface area (Å²) >= 11 is 3.60. The molecule has 2 aliphatic rings. The van der Waals surface area contributed by atoms with Gasteiger partial charge in [-0.3, -0.25) is 0 Å². The van der Waals surface area contributed by atoms with Crippen LogP contribution in [0.1, 0.15) is 49.7 Å². The number of nitrogens with one attached hydrogen (secondary N) is 1. The molecule has 20 heavy (non-hydrogen) atoms.